The lowest BCUT2D eigenvalue weighted by Gasteiger charge is -2.11. The average molecular weight is 463 g/mol. The molecule has 0 heterocycles. The van der Waals surface area contributed by atoms with Gasteiger partial charge in [0, 0.05) is 5.56 Å². The van der Waals surface area contributed by atoms with Crippen LogP contribution in [0, 0.1) is 5.82 Å². The Morgan fingerprint density at radius 1 is 0.848 bits per heavy atom. The molecule has 4 heteroatoms. The lowest BCUT2D eigenvalue weighted by Crippen LogP contribution is -2.10. The summed E-state index contributed by atoms with van der Waals surface area (Å²) in [5.41, 5.74) is 4.04. The summed E-state index contributed by atoms with van der Waals surface area (Å²) < 4.78 is 20.2. The molecule has 0 aliphatic rings. The lowest BCUT2D eigenvalue weighted by molar-refractivity contribution is 0.0728. The van der Waals surface area contributed by atoms with Crippen molar-refractivity contribution in [1.82, 2.24) is 0 Å². The molecule has 0 spiro atoms. The van der Waals surface area contributed by atoms with Gasteiger partial charge in [0.05, 0.1) is 10.6 Å². The molecule has 2 nitrogen and oxygen atoms in total. The van der Waals surface area contributed by atoms with Gasteiger partial charge in [-0.1, -0.05) is 72.3 Å². The molecule has 0 atom stereocenters. The van der Waals surface area contributed by atoms with Crippen molar-refractivity contribution in [2.24, 2.45) is 0 Å². The van der Waals surface area contributed by atoms with Crippen LogP contribution in [0.3, 0.4) is 0 Å². The van der Waals surface area contributed by atoms with Gasteiger partial charge in [-0.2, -0.15) is 0 Å². The van der Waals surface area contributed by atoms with Crippen LogP contribution >= 0.6 is 11.6 Å². The van der Waals surface area contributed by atoms with E-state index in [0.29, 0.717) is 11.1 Å². The second-order valence-corrected chi connectivity index (χ2v) is 8.12. The fourth-order valence-corrected chi connectivity index (χ4v) is 3.75. The van der Waals surface area contributed by atoms with E-state index in [1.165, 1.54) is 11.6 Å². The van der Waals surface area contributed by atoms with E-state index in [9.17, 15) is 9.18 Å². The smallest absolute Gasteiger partial charge is 0.343 e. The highest BCUT2D eigenvalue weighted by atomic mass is 35.5. The summed E-state index contributed by atoms with van der Waals surface area (Å²) in [7, 11) is 0. The first-order valence-electron chi connectivity index (χ1n) is 11.1. The normalized spacial score (nSPS) is 11.4. The molecule has 0 amide bonds. The van der Waals surface area contributed by atoms with Gasteiger partial charge in [0.25, 0.3) is 0 Å². The molecule has 0 aliphatic heterocycles. The highest BCUT2D eigenvalue weighted by Crippen LogP contribution is 2.35. The maximum atomic E-state index is 14.9. The molecule has 3 aromatic rings. The van der Waals surface area contributed by atoms with E-state index in [0.717, 1.165) is 36.8 Å². The average Bonchev–Trinajstić information content (AvgIpc) is 2.83. The molecule has 33 heavy (non-hydrogen) atoms. The second kappa shape index (κ2) is 12.2. The first-order valence-corrected chi connectivity index (χ1v) is 11.5. The number of ether oxygens (including phenoxy) is 1. The minimum atomic E-state index is -0.748. The molecule has 0 bridgehead atoms. The van der Waals surface area contributed by atoms with Gasteiger partial charge < -0.3 is 4.74 Å². The van der Waals surface area contributed by atoms with Crippen LogP contribution in [-0.2, 0) is 12.8 Å². The molecule has 0 unspecified atom stereocenters. The van der Waals surface area contributed by atoms with Crippen molar-refractivity contribution in [2.75, 3.05) is 0 Å². The van der Waals surface area contributed by atoms with Gasteiger partial charge in [-0.25, -0.2) is 9.18 Å². The highest BCUT2D eigenvalue weighted by Gasteiger charge is 2.17. The van der Waals surface area contributed by atoms with Crippen molar-refractivity contribution in [3.63, 3.8) is 0 Å². The lowest BCUT2D eigenvalue weighted by atomic mass is 10.0. The van der Waals surface area contributed by atoms with Crippen LogP contribution in [0.2, 0.25) is 5.02 Å². The van der Waals surface area contributed by atoms with E-state index in [4.69, 9.17) is 16.3 Å². The third-order valence-corrected chi connectivity index (χ3v) is 5.74. The minimum absolute atomic E-state index is 0.0682. The number of aryl methyl sites for hydroxylation is 2. The molecule has 0 radical (unpaired) electrons. The Labute approximate surface area is 200 Å². The van der Waals surface area contributed by atoms with Crippen molar-refractivity contribution in [3.8, 4) is 16.9 Å². The van der Waals surface area contributed by atoms with Crippen LogP contribution < -0.4 is 4.74 Å². The van der Waals surface area contributed by atoms with Gasteiger partial charge in [0.1, 0.15) is 0 Å². The zero-order valence-electron chi connectivity index (χ0n) is 19.0. The van der Waals surface area contributed by atoms with Gasteiger partial charge in [0.2, 0.25) is 0 Å². The second-order valence-electron chi connectivity index (χ2n) is 7.74. The summed E-state index contributed by atoms with van der Waals surface area (Å²) >= 11 is 6.30. The minimum Gasteiger partial charge on any atom is -0.420 e. The van der Waals surface area contributed by atoms with Crippen LogP contribution in [-0.4, -0.2) is 5.97 Å². The monoisotopic (exact) mass is 462 g/mol. The highest BCUT2D eigenvalue weighted by molar-refractivity contribution is 6.33. The molecular weight excluding hydrogens is 435 g/mol. The molecule has 0 N–H and O–H groups in total. The van der Waals surface area contributed by atoms with Gasteiger partial charge in [-0.15, -0.1) is 0 Å². The Bertz CT molecular complexity index is 1130. The van der Waals surface area contributed by atoms with Crippen LogP contribution in [0.5, 0.6) is 5.75 Å². The molecule has 3 rings (SSSR count). The van der Waals surface area contributed by atoms with E-state index in [-0.39, 0.29) is 10.8 Å². The summed E-state index contributed by atoms with van der Waals surface area (Å²) in [5, 5.41) is -0.0682. The zero-order valence-corrected chi connectivity index (χ0v) is 19.7. The van der Waals surface area contributed by atoms with Crippen LogP contribution in [0.25, 0.3) is 11.1 Å². The van der Waals surface area contributed by atoms with Gasteiger partial charge >= 0.3 is 5.97 Å². The van der Waals surface area contributed by atoms with Crippen molar-refractivity contribution in [3.05, 3.63) is 112 Å². The summed E-state index contributed by atoms with van der Waals surface area (Å²) in [6.07, 6.45) is 12.0. The first-order chi connectivity index (χ1) is 16.0. The number of benzene rings is 3. The Morgan fingerprint density at radius 3 is 1.94 bits per heavy atom. The fourth-order valence-electron chi connectivity index (χ4n) is 3.48. The van der Waals surface area contributed by atoms with Crippen LogP contribution in [0.4, 0.5) is 4.39 Å². The maximum Gasteiger partial charge on any atom is 0.343 e. The molecule has 0 saturated carbocycles. The molecule has 0 aliphatic carbocycles. The number of halogens is 2. The summed E-state index contributed by atoms with van der Waals surface area (Å²) in [6.45, 7) is 3.99. The van der Waals surface area contributed by atoms with Gasteiger partial charge in [0.15, 0.2) is 11.6 Å². The predicted molar refractivity (Wildman–Crippen MR) is 135 cm³/mol. The van der Waals surface area contributed by atoms with E-state index in [1.807, 2.05) is 62.4 Å². The Balaban J connectivity index is 1.70. The van der Waals surface area contributed by atoms with E-state index in [2.05, 4.69) is 12.2 Å². The van der Waals surface area contributed by atoms with Crippen LogP contribution in [0.1, 0.15) is 48.2 Å². The Kier molecular flexibility index (Phi) is 9.03. The standard InChI is InChI=1S/C29H28ClFO2/c1-3-5-7-9-21-11-15-23(16-12-21)25-19-20-26(28(31)27(25)30)33-29(32)24-17-13-22(14-18-24)10-8-6-4-2/h3-6,11-20H,7-10H2,1-2H3/b5-3+,6-4+. The Morgan fingerprint density at radius 2 is 1.39 bits per heavy atom. The third-order valence-electron chi connectivity index (χ3n) is 5.37. The Hall–Kier alpha value is -3.17. The third kappa shape index (κ3) is 6.66. The number of hydrogen-bond acceptors (Lipinski definition) is 2. The topological polar surface area (TPSA) is 26.3 Å². The largest absolute Gasteiger partial charge is 0.420 e. The van der Waals surface area contributed by atoms with E-state index >= 15 is 0 Å². The van der Waals surface area contributed by atoms with Crippen molar-refractivity contribution in [2.45, 2.75) is 39.5 Å². The maximum absolute atomic E-state index is 14.9. The number of carbonyl (C=O) groups is 1. The van der Waals surface area contributed by atoms with Crippen molar-refractivity contribution < 1.29 is 13.9 Å². The molecule has 0 saturated heterocycles. The fraction of sp³-hybridized carbons (Fsp3) is 0.207. The molecule has 0 aromatic heterocycles. The summed E-state index contributed by atoms with van der Waals surface area (Å²) in [6, 6.07) is 18.2. The number of hydrogen-bond donors (Lipinski definition) is 0. The van der Waals surface area contributed by atoms with Gasteiger partial charge in [-0.3, -0.25) is 0 Å². The summed E-state index contributed by atoms with van der Waals surface area (Å²) in [4.78, 5) is 12.5. The molecule has 0 fully saturated rings. The quantitative estimate of drug-likeness (QED) is 0.181. The van der Waals surface area contributed by atoms with Gasteiger partial charge in [-0.05, 0) is 80.5 Å². The van der Waals surface area contributed by atoms with Crippen LogP contribution in [0.15, 0.2) is 85.0 Å². The zero-order chi connectivity index (χ0) is 23.6. The number of rotatable bonds is 9. The van der Waals surface area contributed by atoms with Crippen molar-refractivity contribution in [1.29, 1.82) is 0 Å². The predicted octanol–water partition coefficient (Wildman–Crippen LogP) is 8.38. The van der Waals surface area contributed by atoms with Crippen molar-refractivity contribution >= 4 is 17.6 Å². The summed E-state index contributed by atoms with van der Waals surface area (Å²) in [5.74, 6) is -1.56. The first kappa shape index (κ1) is 24.5. The van der Waals surface area contributed by atoms with E-state index < -0.39 is 11.8 Å². The van der Waals surface area contributed by atoms with E-state index in [1.54, 1.807) is 18.2 Å². The SMILES string of the molecule is C/C=C/CCc1ccc(C(=O)Oc2ccc(-c3ccc(CC/C=C/C)cc3)c(Cl)c2F)cc1. The molecule has 3 aromatic carbocycles. The number of esters is 1. The number of allylic oxidation sites excluding steroid dienone is 4. The molecule has 170 valence electrons. The number of carbonyl (C=O) groups excluding carboxylic acids is 1. The molecular formula is C29H28ClFO2.